The molecule has 3 N–H and O–H groups in total. The van der Waals surface area contributed by atoms with Crippen molar-refractivity contribution in [2.24, 2.45) is 0 Å². The zero-order chi connectivity index (χ0) is 11.9. The number of hydrogen-bond donors (Lipinski definition) is 2. The predicted molar refractivity (Wildman–Crippen MR) is 64.3 cm³/mol. The van der Waals surface area contributed by atoms with Gasteiger partial charge in [0.15, 0.2) is 5.65 Å². The number of H-pyrrole nitrogens is 1. The largest absolute Gasteiger partial charge is 0.368 e. The third-order valence-electron chi connectivity index (χ3n) is 2.51. The summed E-state index contributed by atoms with van der Waals surface area (Å²) >= 11 is 0. The maximum Gasteiger partial charge on any atom is 0.222 e. The lowest BCUT2D eigenvalue weighted by Crippen LogP contribution is -2.01. The highest BCUT2D eigenvalue weighted by Crippen LogP contribution is 2.23. The van der Waals surface area contributed by atoms with E-state index in [1.807, 2.05) is 0 Å². The molecule has 0 aliphatic carbocycles. The van der Waals surface area contributed by atoms with Crippen molar-refractivity contribution >= 4 is 17.1 Å². The first-order chi connectivity index (χ1) is 7.49. The average molecular weight is 219 g/mol. The Kier molecular flexibility index (Phi) is 2.53. The maximum atomic E-state index is 5.67. The summed E-state index contributed by atoms with van der Waals surface area (Å²) in [6.45, 7) is 8.33. The fourth-order valence-corrected chi connectivity index (χ4v) is 1.65. The molecular formula is C11H17N5. The minimum absolute atomic E-state index is 0.290. The van der Waals surface area contributed by atoms with E-state index in [2.05, 4.69) is 47.6 Å². The lowest BCUT2D eigenvalue weighted by molar-refractivity contribution is 0.795. The Morgan fingerprint density at radius 1 is 1.00 bits per heavy atom. The topological polar surface area (TPSA) is 80.5 Å². The van der Waals surface area contributed by atoms with Gasteiger partial charge in [0.25, 0.3) is 0 Å². The van der Waals surface area contributed by atoms with Crippen molar-refractivity contribution in [1.29, 1.82) is 0 Å². The molecule has 2 aromatic rings. The van der Waals surface area contributed by atoms with Crippen molar-refractivity contribution < 1.29 is 0 Å². The van der Waals surface area contributed by atoms with E-state index < -0.39 is 0 Å². The highest BCUT2D eigenvalue weighted by atomic mass is 15.1. The van der Waals surface area contributed by atoms with Gasteiger partial charge in [-0.2, -0.15) is 4.98 Å². The summed E-state index contributed by atoms with van der Waals surface area (Å²) in [4.78, 5) is 16.1. The third kappa shape index (κ3) is 1.73. The minimum Gasteiger partial charge on any atom is -0.368 e. The van der Waals surface area contributed by atoms with Gasteiger partial charge in [0, 0.05) is 5.92 Å². The fraction of sp³-hybridized carbons (Fsp3) is 0.545. The molecule has 0 fully saturated rings. The summed E-state index contributed by atoms with van der Waals surface area (Å²) in [5, 5.41) is 0. The Bertz CT molecular complexity index is 512. The number of rotatable bonds is 2. The van der Waals surface area contributed by atoms with Gasteiger partial charge >= 0.3 is 0 Å². The molecule has 2 aromatic heterocycles. The number of nitrogens with one attached hydrogen (secondary N) is 1. The molecule has 0 radical (unpaired) electrons. The average Bonchev–Trinajstić information content (AvgIpc) is 2.59. The molecule has 0 aliphatic heterocycles. The first-order valence-corrected chi connectivity index (χ1v) is 5.52. The summed E-state index contributed by atoms with van der Waals surface area (Å²) in [6.07, 6.45) is 0. The molecule has 0 aliphatic rings. The lowest BCUT2D eigenvalue weighted by atomic mass is 10.1. The van der Waals surface area contributed by atoms with Crippen molar-refractivity contribution in [3.8, 4) is 0 Å². The van der Waals surface area contributed by atoms with Crippen LogP contribution in [0.15, 0.2) is 0 Å². The van der Waals surface area contributed by atoms with Crippen LogP contribution in [0.3, 0.4) is 0 Å². The molecule has 0 bridgehead atoms. The Hall–Kier alpha value is -1.65. The Balaban J connectivity index is 2.70. The van der Waals surface area contributed by atoms with Gasteiger partial charge in [-0.05, 0) is 5.92 Å². The number of aromatic nitrogens is 4. The molecule has 16 heavy (non-hydrogen) atoms. The number of nitrogens with two attached hydrogens (primary N) is 1. The molecule has 0 saturated carbocycles. The second-order valence-electron chi connectivity index (χ2n) is 4.60. The SMILES string of the molecule is CC(C)c1nc2nc(N)nc(C(C)C)c2[nH]1. The fourth-order valence-electron chi connectivity index (χ4n) is 1.65. The van der Waals surface area contributed by atoms with Gasteiger partial charge in [-0.3, -0.25) is 0 Å². The number of nitrogen functional groups attached to an aromatic ring is 1. The molecule has 2 heterocycles. The van der Waals surface area contributed by atoms with Crippen molar-refractivity contribution in [2.45, 2.75) is 39.5 Å². The molecule has 0 amide bonds. The van der Waals surface area contributed by atoms with Gasteiger partial charge in [0.1, 0.15) is 11.3 Å². The van der Waals surface area contributed by atoms with E-state index in [1.165, 1.54) is 0 Å². The molecule has 2 rings (SSSR count). The van der Waals surface area contributed by atoms with E-state index in [0.717, 1.165) is 17.0 Å². The number of anilines is 1. The van der Waals surface area contributed by atoms with E-state index in [-0.39, 0.29) is 5.95 Å². The molecule has 5 heteroatoms. The smallest absolute Gasteiger partial charge is 0.222 e. The summed E-state index contributed by atoms with van der Waals surface area (Å²) < 4.78 is 0. The van der Waals surface area contributed by atoms with Crippen LogP contribution in [-0.2, 0) is 0 Å². The van der Waals surface area contributed by atoms with Gasteiger partial charge in [-0.1, -0.05) is 27.7 Å². The number of aromatic amines is 1. The van der Waals surface area contributed by atoms with Crippen LogP contribution in [0.5, 0.6) is 0 Å². The van der Waals surface area contributed by atoms with Gasteiger partial charge in [0.2, 0.25) is 5.95 Å². The summed E-state index contributed by atoms with van der Waals surface area (Å²) in [5.41, 5.74) is 8.18. The summed E-state index contributed by atoms with van der Waals surface area (Å²) in [5.74, 6) is 1.86. The number of fused-ring (bicyclic) bond motifs is 1. The highest BCUT2D eigenvalue weighted by Gasteiger charge is 2.15. The van der Waals surface area contributed by atoms with Crippen molar-refractivity contribution in [1.82, 2.24) is 19.9 Å². The highest BCUT2D eigenvalue weighted by molar-refractivity contribution is 5.75. The third-order valence-corrected chi connectivity index (χ3v) is 2.51. The predicted octanol–water partition coefficient (Wildman–Crippen LogP) is 2.18. The van der Waals surface area contributed by atoms with Crippen LogP contribution in [-0.4, -0.2) is 19.9 Å². The van der Waals surface area contributed by atoms with Crippen LogP contribution in [0.1, 0.15) is 51.0 Å². The van der Waals surface area contributed by atoms with Crippen LogP contribution in [0.4, 0.5) is 5.95 Å². The Morgan fingerprint density at radius 2 is 1.69 bits per heavy atom. The van der Waals surface area contributed by atoms with Crippen LogP contribution < -0.4 is 5.73 Å². The molecule has 86 valence electrons. The molecule has 0 spiro atoms. The Labute approximate surface area is 94.5 Å². The second kappa shape index (κ2) is 3.73. The van der Waals surface area contributed by atoms with Gasteiger partial charge in [0.05, 0.1) is 5.69 Å². The van der Waals surface area contributed by atoms with Crippen molar-refractivity contribution in [2.75, 3.05) is 5.73 Å². The summed E-state index contributed by atoms with van der Waals surface area (Å²) in [7, 11) is 0. The molecule has 0 saturated heterocycles. The summed E-state index contributed by atoms with van der Waals surface area (Å²) in [6, 6.07) is 0. The molecule has 0 atom stereocenters. The van der Waals surface area contributed by atoms with Crippen molar-refractivity contribution in [3.63, 3.8) is 0 Å². The van der Waals surface area contributed by atoms with E-state index in [9.17, 15) is 0 Å². The van der Waals surface area contributed by atoms with Crippen molar-refractivity contribution in [3.05, 3.63) is 11.5 Å². The van der Waals surface area contributed by atoms with E-state index >= 15 is 0 Å². The van der Waals surface area contributed by atoms with E-state index in [4.69, 9.17) is 5.73 Å². The molecule has 5 nitrogen and oxygen atoms in total. The first kappa shape index (κ1) is 10.9. The van der Waals surface area contributed by atoms with Gasteiger partial charge in [-0.15, -0.1) is 0 Å². The second-order valence-corrected chi connectivity index (χ2v) is 4.60. The quantitative estimate of drug-likeness (QED) is 0.811. The number of hydrogen-bond acceptors (Lipinski definition) is 4. The van der Waals surface area contributed by atoms with Crippen LogP contribution >= 0.6 is 0 Å². The van der Waals surface area contributed by atoms with E-state index in [0.29, 0.717) is 17.5 Å². The minimum atomic E-state index is 0.290. The van der Waals surface area contributed by atoms with Crippen LogP contribution in [0, 0.1) is 0 Å². The standard InChI is InChI=1S/C11H17N5/c1-5(2)7-8-10(16-11(12)14-7)15-9(13-8)6(3)4/h5-6H,1-4H3,(H3,12,13,14,15,16). The zero-order valence-electron chi connectivity index (χ0n) is 10.1. The molecule has 0 aromatic carbocycles. The zero-order valence-corrected chi connectivity index (χ0v) is 10.1. The number of imidazole rings is 1. The molecular weight excluding hydrogens is 202 g/mol. The normalized spacial score (nSPS) is 11.9. The number of nitrogens with zero attached hydrogens (tertiary/aromatic N) is 3. The van der Waals surface area contributed by atoms with Crippen LogP contribution in [0.25, 0.3) is 11.2 Å². The van der Waals surface area contributed by atoms with Gasteiger partial charge < -0.3 is 10.7 Å². The maximum absolute atomic E-state index is 5.67. The first-order valence-electron chi connectivity index (χ1n) is 5.52. The monoisotopic (exact) mass is 219 g/mol. The van der Waals surface area contributed by atoms with Crippen LogP contribution in [0.2, 0.25) is 0 Å². The van der Waals surface area contributed by atoms with Gasteiger partial charge in [-0.25, -0.2) is 9.97 Å². The van der Waals surface area contributed by atoms with E-state index in [1.54, 1.807) is 0 Å². The Morgan fingerprint density at radius 3 is 2.25 bits per heavy atom. The molecule has 0 unspecified atom stereocenters. The lowest BCUT2D eigenvalue weighted by Gasteiger charge is -2.05.